The van der Waals surface area contributed by atoms with Gasteiger partial charge in [-0.1, -0.05) is 39.0 Å². The number of carbonyl (C=O) groups excluding carboxylic acids is 2. The lowest BCUT2D eigenvalue weighted by Gasteiger charge is -2.48. The molecule has 1 N–H and O–H groups in total. The summed E-state index contributed by atoms with van der Waals surface area (Å²) in [6, 6.07) is 17.6. The molecule has 0 spiro atoms. The van der Waals surface area contributed by atoms with Crippen LogP contribution in [0.2, 0.25) is 18.1 Å². The molecular formula is C36H45F2N3O4Si. The van der Waals surface area contributed by atoms with Crippen LogP contribution in [0.5, 0.6) is 5.75 Å². The maximum absolute atomic E-state index is 13.9. The summed E-state index contributed by atoms with van der Waals surface area (Å²) in [7, 11) is -2.21. The van der Waals surface area contributed by atoms with Crippen LogP contribution in [-0.4, -0.2) is 51.4 Å². The zero-order valence-electron chi connectivity index (χ0n) is 27.6. The topological polar surface area (TPSA) is 71.1 Å². The highest BCUT2D eigenvalue weighted by Gasteiger charge is 2.49. The predicted molar refractivity (Wildman–Crippen MR) is 178 cm³/mol. The average Bonchev–Trinajstić information content (AvgIpc) is 3.01. The molecule has 0 radical (unpaired) electrons. The van der Waals surface area contributed by atoms with E-state index in [-0.39, 0.29) is 46.7 Å². The maximum atomic E-state index is 13.9. The third kappa shape index (κ3) is 7.34. The number of β-lactam (4-membered cyclic amide) rings is 1. The van der Waals surface area contributed by atoms with E-state index in [4.69, 9.17) is 9.16 Å². The Balaban J connectivity index is 1.41. The van der Waals surface area contributed by atoms with E-state index in [9.17, 15) is 18.4 Å². The van der Waals surface area contributed by atoms with E-state index < -0.39 is 8.32 Å². The molecule has 2 heterocycles. The Labute approximate surface area is 272 Å². The Morgan fingerprint density at radius 2 is 1.59 bits per heavy atom. The summed E-state index contributed by atoms with van der Waals surface area (Å²) in [6.45, 7) is 15.5. The average molecular weight is 650 g/mol. The lowest BCUT2D eigenvalue weighted by atomic mass is 9.77. The zero-order chi connectivity index (χ0) is 33.2. The van der Waals surface area contributed by atoms with Crippen molar-refractivity contribution in [2.45, 2.75) is 70.8 Å². The fourth-order valence-electron chi connectivity index (χ4n) is 5.97. The fraction of sp³-hybridized carbons (Fsp3) is 0.444. The summed E-state index contributed by atoms with van der Waals surface area (Å²) < 4.78 is 40.3. The van der Waals surface area contributed by atoms with Gasteiger partial charge in [-0.3, -0.25) is 4.79 Å². The number of anilines is 1. The van der Waals surface area contributed by atoms with Gasteiger partial charge in [-0.25, -0.2) is 13.6 Å². The number of piperazine rings is 1. The van der Waals surface area contributed by atoms with Gasteiger partial charge in [0.05, 0.1) is 18.1 Å². The molecule has 0 bridgehead atoms. The van der Waals surface area contributed by atoms with Crippen molar-refractivity contribution in [1.29, 1.82) is 0 Å². The van der Waals surface area contributed by atoms with Gasteiger partial charge in [0.25, 0.3) is 0 Å². The quantitative estimate of drug-likeness (QED) is 0.188. The summed E-state index contributed by atoms with van der Waals surface area (Å²) in [5.41, 5.74) is 3.32. The van der Waals surface area contributed by atoms with Crippen LogP contribution in [0.15, 0.2) is 66.7 Å². The fourth-order valence-corrected chi connectivity index (χ4v) is 7.28. The van der Waals surface area contributed by atoms with Gasteiger partial charge >= 0.3 is 6.09 Å². The first-order valence-electron chi connectivity index (χ1n) is 16.0. The van der Waals surface area contributed by atoms with Crippen LogP contribution in [0.4, 0.5) is 19.3 Å². The monoisotopic (exact) mass is 649 g/mol. The molecule has 3 atom stereocenters. The number of nitrogens with zero attached hydrogens (tertiary/aromatic N) is 2. The molecule has 0 unspecified atom stereocenters. The molecule has 246 valence electrons. The number of ether oxygens (including phenoxy) is 1. The number of nitrogens with one attached hydrogen (secondary N) is 1. The first kappa shape index (κ1) is 33.8. The molecular weight excluding hydrogens is 604 g/mol. The lowest BCUT2D eigenvalue weighted by Crippen LogP contribution is -2.55. The predicted octanol–water partition coefficient (Wildman–Crippen LogP) is 7.92. The molecule has 2 fully saturated rings. The summed E-state index contributed by atoms with van der Waals surface area (Å²) in [5.74, 6) is -0.642. The molecule has 10 heteroatoms. The summed E-state index contributed by atoms with van der Waals surface area (Å²) in [4.78, 5) is 30.0. The Morgan fingerprint density at radius 1 is 0.978 bits per heavy atom. The maximum Gasteiger partial charge on any atom is 0.415 e. The number of aryl methyl sites for hydroxylation is 1. The van der Waals surface area contributed by atoms with Crippen LogP contribution in [0.25, 0.3) is 0 Å². The summed E-state index contributed by atoms with van der Waals surface area (Å²) in [6.07, 6.45) is 0.424. The van der Waals surface area contributed by atoms with Crippen LogP contribution < -0.4 is 15.0 Å². The van der Waals surface area contributed by atoms with Crippen LogP contribution in [-0.2, 0) is 9.22 Å². The Kier molecular flexibility index (Phi) is 10.0. The van der Waals surface area contributed by atoms with Crippen molar-refractivity contribution >= 4 is 26.0 Å². The molecule has 5 rings (SSSR count). The standard InChI is InChI=1S/C36H45F2N3O4Si/c1-24-23-29(44-35(43)40-21-19-39-20-22-40)15-16-30(24)33-31(34(42)41(33)28-13-11-27(38)12-14-28)17-18-32(25-7-9-26(37)10-8-25)45-46(5,6)36(2,3)4/h7-16,23,31-33,39H,17-22H2,1-6H3/t31-,32+,33-/m1/s1. The van der Waals surface area contributed by atoms with Crippen molar-refractivity contribution in [2.24, 2.45) is 5.92 Å². The second kappa shape index (κ2) is 13.6. The van der Waals surface area contributed by atoms with Crippen molar-refractivity contribution in [1.82, 2.24) is 10.2 Å². The van der Waals surface area contributed by atoms with Crippen LogP contribution in [0, 0.1) is 24.5 Å². The first-order chi connectivity index (χ1) is 21.7. The van der Waals surface area contributed by atoms with E-state index >= 15 is 0 Å². The molecule has 3 aromatic carbocycles. The number of halogens is 2. The Bertz CT molecular complexity index is 1540. The van der Waals surface area contributed by atoms with Crippen molar-refractivity contribution in [2.75, 3.05) is 31.1 Å². The van der Waals surface area contributed by atoms with Gasteiger partial charge in [-0.15, -0.1) is 0 Å². The SMILES string of the molecule is Cc1cc(OC(=O)N2CCNCC2)ccc1[C@@H]1[C@@H](CC[C@H](O[Si](C)(C)C(C)(C)C)c2ccc(F)cc2)C(=O)N1c1ccc(F)cc1. The third-order valence-electron chi connectivity index (χ3n) is 9.68. The largest absolute Gasteiger partial charge is 0.415 e. The van der Waals surface area contributed by atoms with E-state index in [2.05, 4.69) is 39.2 Å². The number of amides is 2. The van der Waals surface area contributed by atoms with Gasteiger partial charge in [0.15, 0.2) is 8.32 Å². The van der Waals surface area contributed by atoms with Gasteiger partial charge in [0, 0.05) is 31.9 Å². The molecule has 0 aromatic heterocycles. The number of hydrogen-bond acceptors (Lipinski definition) is 5. The first-order valence-corrected chi connectivity index (χ1v) is 19.0. The minimum absolute atomic E-state index is 0.0350. The molecule has 0 saturated carbocycles. The third-order valence-corrected chi connectivity index (χ3v) is 14.2. The second-order valence-electron chi connectivity index (χ2n) is 13.9. The normalized spacial score (nSPS) is 19.5. The molecule has 2 aliphatic heterocycles. The van der Waals surface area contributed by atoms with Crippen LogP contribution in [0.1, 0.15) is 62.4 Å². The molecule has 3 aromatic rings. The Hall–Kier alpha value is -3.60. The van der Waals surface area contributed by atoms with Crippen molar-refractivity contribution < 1.29 is 27.5 Å². The molecule has 2 amide bonds. The number of carbonyl (C=O) groups is 2. The molecule has 0 aliphatic carbocycles. The van der Waals surface area contributed by atoms with E-state index in [1.807, 2.05) is 19.1 Å². The highest BCUT2D eigenvalue weighted by atomic mass is 28.4. The second-order valence-corrected chi connectivity index (χ2v) is 18.6. The Morgan fingerprint density at radius 3 is 2.17 bits per heavy atom. The molecule has 2 aliphatic rings. The van der Waals surface area contributed by atoms with E-state index in [0.29, 0.717) is 37.4 Å². The molecule has 46 heavy (non-hydrogen) atoms. The van der Waals surface area contributed by atoms with Gasteiger partial charge < -0.3 is 24.3 Å². The number of rotatable bonds is 9. The minimum Gasteiger partial charge on any atom is -0.410 e. The van der Waals surface area contributed by atoms with Gasteiger partial charge in [0.1, 0.15) is 17.4 Å². The highest BCUT2D eigenvalue weighted by Crippen LogP contribution is 2.48. The van der Waals surface area contributed by atoms with Crippen molar-refractivity contribution in [3.8, 4) is 5.75 Å². The smallest absolute Gasteiger partial charge is 0.410 e. The minimum atomic E-state index is -2.21. The van der Waals surface area contributed by atoms with Gasteiger partial charge in [-0.05, 0) is 103 Å². The van der Waals surface area contributed by atoms with Crippen molar-refractivity contribution in [3.05, 3.63) is 95.1 Å². The molecule has 2 saturated heterocycles. The van der Waals surface area contributed by atoms with Gasteiger partial charge in [-0.2, -0.15) is 0 Å². The number of hydrogen-bond donors (Lipinski definition) is 1. The van der Waals surface area contributed by atoms with E-state index in [1.165, 1.54) is 24.3 Å². The van der Waals surface area contributed by atoms with Crippen LogP contribution >= 0.6 is 0 Å². The summed E-state index contributed by atoms with van der Waals surface area (Å²) >= 11 is 0. The number of benzene rings is 3. The van der Waals surface area contributed by atoms with E-state index in [0.717, 1.165) is 29.8 Å². The molecule has 7 nitrogen and oxygen atoms in total. The van der Waals surface area contributed by atoms with Crippen molar-refractivity contribution in [3.63, 3.8) is 0 Å². The lowest BCUT2D eigenvalue weighted by molar-refractivity contribution is -0.131. The van der Waals surface area contributed by atoms with Crippen LogP contribution in [0.3, 0.4) is 0 Å². The highest BCUT2D eigenvalue weighted by molar-refractivity contribution is 6.74. The van der Waals surface area contributed by atoms with E-state index in [1.54, 1.807) is 40.1 Å². The zero-order valence-corrected chi connectivity index (χ0v) is 28.6. The van der Waals surface area contributed by atoms with Gasteiger partial charge in [0.2, 0.25) is 5.91 Å². The summed E-state index contributed by atoms with van der Waals surface area (Å²) in [5, 5.41) is 3.19.